The summed E-state index contributed by atoms with van der Waals surface area (Å²) in [5, 5.41) is 0. The molecule has 203 valence electrons. The Hall–Kier alpha value is -1.96. The van der Waals surface area contributed by atoms with Crippen LogP contribution in [-0.2, 0) is 46.5 Å². The first-order valence-corrected chi connectivity index (χ1v) is 22.3. The second kappa shape index (κ2) is 17.8. The van der Waals surface area contributed by atoms with Gasteiger partial charge in [-0.3, -0.25) is 0 Å². The van der Waals surface area contributed by atoms with E-state index in [0.29, 0.717) is 0 Å². The molecule has 0 N–H and O–H groups in total. The van der Waals surface area contributed by atoms with Gasteiger partial charge in [-0.25, -0.2) is 0 Å². The zero-order chi connectivity index (χ0) is 28.7. The molecule has 4 aromatic carbocycles. The Bertz CT molecular complexity index is 1290. The molecule has 0 spiro atoms. The van der Waals surface area contributed by atoms with E-state index in [0.717, 1.165) is 35.2 Å². The third-order valence-electron chi connectivity index (χ3n) is 6.45. The number of halogens is 2. The Morgan fingerprint density at radius 3 is 1.32 bits per heavy atom. The standard InChI is InChI=1S/2C17H15.C2H7Si.2ClH.Zr/c2*1-13-9-16-8-7-15(12-17(16)10-13)11-14-5-3-2-4-6-14;1-3-2;;;/h2*2-8,10H,9,11H2,1H3;3H,1-2H3;2*1H;/q2*-1;;;;+4/p-2. The summed E-state index contributed by atoms with van der Waals surface area (Å²) in [5.74, 6) is 0. The van der Waals surface area contributed by atoms with Crippen LogP contribution in [0.4, 0.5) is 0 Å². The fourth-order valence-electron chi connectivity index (χ4n) is 4.77. The molecular formula is C36H37Cl2SiZr. The molecule has 2 aliphatic carbocycles. The Morgan fingerprint density at radius 1 is 0.625 bits per heavy atom. The van der Waals surface area contributed by atoms with E-state index in [1.807, 2.05) is 0 Å². The summed E-state index contributed by atoms with van der Waals surface area (Å²) in [4.78, 5) is 0. The van der Waals surface area contributed by atoms with Gasteiger partial charge in [0.15, 0.2) is 0 Å². The molecule has 0 aromatic heterocycles. The van der Waals surface area contributed by atoms with Crippen LogP contribution in [0.2, 0.25) is 13.1 Å². The van der Waals surface area contributed by atoms with Crippen molar-refractivity contribution in [2.45, 2.75) is 52.6 Å². The van der Waals surface area contributed by atoms with E-state index >= 15 is 0 Å². The molecule has 0 heterocycles. The van der Waals surface area contributed by atoms with Crippen LogP contribution in [0, 0.1) is 12.1 Å². The van der Waals surface area contributed by atoms with Gasteiger partial charge in [0.1, 0.15) is 0 Å². The fraction of sp³-hybridized carbons (Fsp3) is 0.222. The quantitative estimate of drug-likeness (QED) is 0.151. The summed E-state index contributed by atoms with van der Waals surface area (Å²) in [7, 11) is 10.6. The van der Waals surface area contributed by atoms with E-state index in [4.69, 9.17) is 17.0 Å². The van der Waals surface area contributed by atoms with E-state index in [9.17, 15) is 0 Å². The molecule has 1 radical (unpaired) electrons. The molecule has 6 rings (SSSR count). The van der Waals surface area contributed by atoms with Gasteiger partial charge < -0.3 is 0 Å². The molecular weight excluding hydrogens is 623 g/mol. The first-order chi connectivity index (χ1) is 19.4. The van der Waals surface area contributed by atoms with E-state index < -0.39 is 20.8 Å². The average molecular weight is 660 g/mol. The minimum atomic E-state index is -0.826. The van der Waals surface area contributed by atoms with Gasteiger partial charge in [-0.2, -0.15) is 0 Å². The molecule has 0 nitrogen and oxygen atoms in total. The SMILES string of the molecule is CC1=Cc2[c-]c(Cc3ccccc3)ccc2C1.CC1=Cc2[c-]c(Cc3ccccc3)ccc2C1.C[SiH]C.[Cl][Zr+2][Cl]. The third kappa shape index (κ3) is 10.8. The van der Waals surface area contributed by atoms with Crippen LogP contribution < -0.4 is 0 Å². The van der Waals surface area contributed by atoms with Crippen LogP contribution in [0.5, 0.6) is 0 Å². The van der Waals surface area contributed by atoms with E-state index in [2.05, 4.69) is 136 Å². The summed E-state index contributed by atoms with van der Waals surface area (Å²) in [6.45, 7) is 8.79. The van der Waals surface area contributed by atoms with Crippen molar-refractivity contribution in [2.24, 2.45) is 0 Å². The molecule has 0 fully saturated rings. The van der Waals surface area contributed by atoms with Crippen molar-refractivity contribution >= 4 is 38.7 Å². The van der Waals surface area contributed by atoms with Crippen molar-refractivity contribution < 1.29 is 20.8 Å². The van der Waals surface area contributed by atoms with Gasteiger partial charge in [-0.1, -0.05) is 87.6 Å². The average Bonchev–Trinajstić information content (AvgIpc) is 3.51. The van der Waals surface area contributed by atoms with Gasteiger partial charge >= 0.3 is 37.9 Å². The van der Waals surface area contributed by atoms with Crippen LogP contribution in [0.1, 0.15) is 58.4 Å². The van der Waals surface area contributed by atoms with Crippen LogP contribution in [-0.4, -0.2) is 9.52 Å². The number of hydrogen-bond donors (Lipinski definition) is 0. The van der Waals surface area contributed by atoms with Crippen LogP contribution in [0.3, 0.4) is 0 Å². The summed E-state index contributed by atoms with van der Waals surface area (Å²) >= 11 is -0.826. The second-order valence-corrected chi connectivity index (χ2v) is 15.0. The van der Waals surface area contributed by atoms with Gasteiger partial charge in [-0.05, 0) is 36.8 Å². The Morgan fingerprint density at radius 2 is 0.975 bits per heavy atom. The summed E-state index contributed by atoms with van der Waals surface area (Å²) in [5.41, 5.74) is 13.5. The van der Waals surface area contributed by atoms with Gasteiger partial charge in [0.05, 0.1) is 0 Å². The van der Waals surface area contributed by atoms with Gasteiger partial charge in [0.2, 0.25) is 0 Å². The molecule has 0 saturated heterocycles. The molecule has 0 bridgehead atoms. The molecule has 2 aliphatic rings. The molecule has 0 aliphatic heterocycles. The maximum atomic E-state index is 4.93. The molecule has 0 unspecified atom stereocenters. The number of benzene rings is 4. The van der Waals surface area contributed by atoms with Crippen molar-refractivity contribution in [2.75, 3.05) is 0 Å². The number of hydrogen-bond acceptors (Lipinski definition) is 0. The van der Waals surface area contributed by atoms with E-state index in [1.165, 1.54) is 55.7 Å². The molecule has 0 atom stereocenters. The molecule has 0 saturated carbocycles. The van der Waals surface area contributed by atoms with Crippen molar-refractivity contribution in [1.82, 2.24) is 0 Å². The Kier molecular flexibility index (Phi) is 14.5. The van der Waals surface area contributed by atoms with Crippen molar-refractivity contribution in [3.63, 3.8) is 0 Å². The van der Waals surface area contributed by atoms with Gasteiger partial charge in [-0.15, -0.1) is 93.1 Å². The van der Waals surface area contributed by atoms with Crippen LogP contribution in [0.15, 0.2) is 96.1 Å². The molecule has 0 amide bonds. The summed E-state index contributed by atoms with van der Waals surface area (Å²) in [6, 6.07) is 37.1. The summed E-state index contributed by atoms with van der Waals surface area (Å²) in [6.07, 6.45) is 8.64. The first kappa shape index (κ1) is 32.6. The van der Waals surface area contributed by atoms with Crippen molar-refractivity contribution in [1.29, 1.82) is 0 Å². The predicted molar refractivity (Wildman–Crippen MR) is 174 cm³/mol. The Balaban J connectivity index is 0.000000185. The van der Waals surface area contributed by atoms with Gasteiger partial charge in [0, 0.05) is 9.52 Å². The topological polar surface area (TPSA) is 0 Å². The predicted octanol–water partition coefficient (Wildman–Crippen LogP) is 9.97. The number of allylic oxidation sites excluding steroid dienone is 2. The second-order valence-electron chi connectivity index (χ2n) is 10.2. The van der Waals surface area contributed by atoms with Crippen molar-refractivity contribution in [3.05, 3.63) is 153 Å². The van der Waals surface area contributed by atoms with Crippen LogP contribution in [0.25, 0.3) is 12.2 Å². The molecule has 40 heavy (non-hydrogen) atoms. The number of fused-ring (bicyclic) bond motifs is 2. The fourth-order valence-corrected chi connectivity index (χ4v) is 4.77. The molecule has 4 aromatic rings. The monoisotopic (exact) mass is 657 g/mol. The zero-order valence-corrected chi connectivity index (χ0v) is 29.0. The van der Waals surface area contributed by atoms with Crippen molar-refractivity contribution in [3.8, 4) is 0 Å². The zero-order valence-electron chi connectivity index (χ0n) is 23.9. The summed E-state index contributed by atoms with van der Waals surface area (Å²) < 4.78 is 0. The van der Waals surface area contributed by atoms with Gasteiger partial charge in [0.25, 0.3) is 0 Å². The third-order valence-corrected chi connectivity index (χ3v) is 6.45. The first-order valence-electron chi connectivity index (χ1n) is 13.7. The normalized spacial score (nSPS) is 12.1. The van der Waals surface area contributed by atoms with Crippen LogP contribution >= 0.6 is 17.0 Å². The van der Waals surface area contributed by atoms with E-state index in [1.54, 1.807) is 0 Å². The van der Waals surface area contributed by atoms with E-state index in [-0.39, 0.29) is 0 Å². The number of rotatable bonds is 4. The maximum absolute atomic E-state index is 4.93. The Labute approximate surface area is 263 Å². The molecule has 4 heteroatoms. The minimum absolute atomic E-state index is 0.750.